The number of rotatable bonds is 2. The molecule has 2 fully saturated rings. The molecule has 26 heavy (non-hydrogen) atoms. The molecule has 138 valence electrons. The fourth-order valence-corrected chi connectivity index (χ4v) is 4.03. The second-order valence-corrected chi connectivity index (χ2v) is 6.90. The number of hydrogen-bond donors (Lipinski definition) is 3. The number of carbonyl (C=O) groups is 2. The number of carbonyl (C=O) groups excluding carboxylic acids is 1. The van der Waals surface area contributed by atoms with E-state index in [9.17, 15) is 14.7 Å². The number of aromatic nitrogens is 3. The Labute approximate surface area is 150 Å². The molecule has 0 radical (unpaired) electrons. The molecule has 0 aliphatic carbocycles. The van der Waals surface area contributed by atoms with E-state index in [0.717, 1.165) is 18.4 Å². The van der Waals surface area contributed by atoms with Gasteiger partial charge in [-0.3, -0.25) is 4.79 Å². The first-order chi connectivity index (χ1) is 12.6. The summed E-state index contributed by atoms with van der Waals surface area (Å²) in [5, 5.41) is 23.3. The molecule has 9 nitrogen and oxygen atoms in total. The molecule has 3 heterocycles. The number of likely N-dealkylation sites (tertiary alicyclic amines) is 1. The highest BCUT2D eigenvalue weighted by atomic mass is 16.4. The van der Waals surface area contributed by atoms with Crippen molar-refractivity contribution in [3.8, 4) is 0 Å². The van der Waals surface area contributed by atoms with Crippen LogP contribution in [-0.2, 0) is 0 Å². The minimum absolute atomic E-state index is 0.00906. The predicted octanol–water partition coefficient (Wildman–Crippen LogP) is 0.762. The van der Waals surface area contributed by atoms with E-state index in [1.54, 1.807) is 23.1 Å². The molecule has 2 aromatic rings. The molecule has 2 aliphatic rings. The van der Waals surface area contributed by atoms with Gasteiger partial charge in [0.05, 0.1) is 6.04 Å². The van der Waals surface area contributed by atoms with Gasteiger partial charge in [-0.15, -0.1) is 0 Å². The van der Waals surface area contributed by atoms with Crippen LogP contribution < -0.4 is 5.32 Å². The molecule has 2 saturated heterocycles. The molecule has 9 heteroatoms. The van der Waals surface area contributed by atoms with Crippen molar-refractivity contribution in [1.29, 1.82) is 0 Å². The largest absolute Gasteiger partial charge is 0.465 e. The molecule has 4 rings (SSSR count). The Hall–Kier alpha value is -2.68. The van der Waals surface area contributed by atoms with Gasteiger partial charge < -0.3 is 20.2 Å². The molecular formula is C17H22N6O3. The van der Waals surface area contributed by atoms with E-state index in [1.807, 2.05) is 4.90 Å². The van der Waals surface area contributed by atoms with Gasteiger partial charge in [-0.05, 0) is 37.0 Å². The summed E-state index contributed by atoms with van der Waals surface area (Å²) in [5.74, 6) is 0.270. The standard InChI is InChI=1S/C17H22N6O3/c24-16(12-1-2-13-14(9-12)20-21-19-13)22-6-3-11(4-7-22)15-10-18-5-8-23(15)17(25)26/h1-2,9,11,15,18H,3-8,10H2,(H,25,26)(H,19,20,21). The lowest BCUT2D eigenvalue weighted by Crippen LogP contribution is -2.57. The number of benzene rings is 1. The van der Waals surface area contributed by atoms with Crippen LogP contribution in [0.3, 0.4) is 0 Å². The van der Waals surface area contributed by atoms with E-state index in [2.05, 4.69) is 20.7 Å². The number of nitrogens with one attached hydrogen (secondary N) is 2. The van der Waals surface area contributed by atoms with Gasteiger partial charge >= 0.3 is 6.09 Å². The first-order valence-corrected chi connectivity index (χ1v) is 8.93. The van der Waals surface area contributed by atoms with Gasteiger partial charge in [0.1, 0.15) is 11.0 Å². The summed E-state index contributed by atoms with van der Waals surface area (Å²) in [5.41, 5.74) is 2.02. The highest BCUT2D eigenvalue weighted by Gasteiger charge is 2.35. The zero-order valence-electron chi connectivity index (χ0n) is 14.4. The van der Waals surface area contributed by atoms with Crippen molar-refractivity contribution in [3.05, 3.63) is 23.8 Å². The maximum atomic E-state index is 12.8. The Kier molecular flexibility index (Phi) is 4.46. The topological polar surface area (TPSA) is 114 Å². The van der Waals surface area contributed by atoms with Crippen molar-refractivity contribution in [2.24, 2.45) is 5.92 Å². The van der Waals surface area contributed by atoms with Crippen LogP contribution in [0.25, 0.3) is 11.0 Å². The Balaban J connectivity index is 1.41. The number of nitrogens with zero attached hydrogens (tertiary/aromatic N) is 4. The van der Waals surface area contributed by atoms with Crippen molar-refractivity contribution >= 4 is 23.0 Å². The van der Waals surface area contributed by atoms with Gasteiger partial charge in [-0.1, -0.05) is 0 Å². The van der Waals surface area contributed by atoms with Crippen molar-refractivity contribution in [1.82, 2.24) is 30.5 Å². The Morgan fingerprint density at radius 3 is 2.65 bits per heavy atom. The van der Waals surface area contributed by atoms with Crippen molar-refractivity contribution in [2.45, 2.75) is 18.9 Å². The van der Waals surface area contributed by atoms with E-state index in [1.165, 1.54) is 0 Å². The summed E-state index contributed by atoms with van der Waals surface area (Å²) >= 11 is 0. The number of carboxylic acid groups (broad SMARTS) is 1. The fraction of sp³-hybridized carbons (Fsp3) is 0.529. The van der Waals surface area contributed by atoms with E-state index in [-0.39, 0.29) is 17.9 Å². The van der Waals surface area contributed by atoms with Gasteiger partial charge in [0.15, 0.2) is 0 Å². The highest BCUT2D eigenvalue weighted by molar-refractivity contribution is 5.97. The minimum atomic E-state index is -0.851. The molecule has 2 aliphatic heterocycles. The van der Waals surface area contributed by atoms with E-state index >= 15 is 0 Å². The van der Waals surface area contributed by atoms with Crippen LogP contribution >= 0.6 is 0 Å². The van der Waals surface area contributed by atoms with Gasteiger partial charge in [0.25, 0.3) is 5.91 Å². The van der Waals surface area contributed by atoms with E-state index in [4.69, 9.17) is 0 Å². The van der Waals surface area contributed by atoms with Crippen LogP contribution in [0.2, 0.25) is 0 Å². The SMILES string of the molecule is O=C(c1ccc2n[nH]nc2c1)N1CCC(C2CNCCN2C(=O)O)CC1. The van der Waals surface area contributed by atoms with Gasteiger partial charge in [-0.2, -0.15) is 15.4 Å². The maximum absolute atomic E-state index is 12.8. The molecule has 1 aromatic heterocycles. The molecular weight excluding hydrogens is 336 g/mol. The lowest BCUT2D eigenvalue weighted by atomic mass is 9.87. The van der Waals surface area contributed by atoms with Gasteiger partial charge in [-0.25, -0.2) is 4.79 Å². The van der Waals surface area contributed by atoms with Crippen LogP contribution in [0.1, 0.15) is 23.2 Å². The first kappa shape index (κ1) is 16.8. The van der Waals surface area contributed by atoms with Crippen LogP contribution in [0, 0.1) is 5.92 Å². The quantitative estimate of drug-likeness (QED) is 0.730. The molecule has 1 atom stereocenters. The van der Waals surface area contributed by atoms with Gasteiger partial charge in [0, 0.05) is 38.3 Å². The number of piperazine rings is 1. The third-order valence-corrected chi connectivity index (χ3v) is 5.46. The highest BCUT2D eigenvalue weighted by Crippen LogP contribution is 2.26. The molecule has 0 spiro atoms. The third kappa shape index (κ3) is 3.10. The first-order valence-electron chi connectivity index (χ1n) is 8.93. The number of hydrogen-bond acceptors (Lipinski definition) is 5. The lowest BCUT2D eigenvalue weighted by Gasteiger charge is -2.42. The Bertz CT molecular complexity index is 814. The van der Waals surface area contributed by atoms with Gasteiger partial charge in [0.2, 0.25) is 0 Å². The van der Waals surface area contributed by atoms with E-state index < -0.39 is 6.09 Å². The lowest BCUT2D eigenvalue weighted by molar-refractivity contribution is 0.0515. The third-order valence-electron chi connectivity index (χ3n) is 5.46. The zero-order chi connectivity index (χ0) is 18.1. The molecule has 3 N–H and O–H groups in total. The van der Waals surface area contributed by atoms with Crippen molar-refractivity contribution < 1.29 is 14.7 Å². The summed E-state index contributed by atoms with van der Waals surface area (Å²) in [4.78, 5) is 27.6. The summed E-state index contributed by atoms with van der Waals surface area (Å²) in [6, 6.07) is 5.31. The minimum Gasteiger partial charge on any atom is -0.465 e. The Morgan fingerprint density at radius 2 is 1.88 bits per heavy atom. The molecule has 0 saturated carbocycles. The van der Waals surface area contributed by atoms with Crippen LogP contribution in [-0.4, -0.2) is 81.1 Å². The normalized spacial score (nSPS) is 21.9. The molecule has 2 amide bonds. The number of fused-ring (bicyclic) bond motifs is 1. The van der Waals surface area contributed by atoms with Crippen LogP contribution in [0.4, 0.5) is 4.79 Å². The van der Waals surface area contributed by atoms with Crippen molar-refractivity contribution in [3.63, 3.8) is 0 Å². The monoisotopic (exact) mass is 358 g/mol. The van der Waals surface area contributed by atoms with Crippen molar-refractivity contribution in [2.75, 3.05) is 32.7 Å². The number of piperidine rings is 1. The summed E-state index contributed by atoms with van der Waals surface area (Å²) in [6.45, 7) is 3.20. The smallest absolute Gasteiger partial charge is 0.407 e. The maximum Gasteiger partial charge on any atom is 0.407 e. The fourth-order valence-electron chi connectivity index (χ4n) is 4.03. The number of amides is 2. The number of aromatic amines is 1. The summed E-state index contributed by atoms with van der Waals surface area (Å²) in [6.07, 6.45) is 0.776. The summed E-state index contributed by atoms with van der Waals surface area (Å²) < 4.78 is 0. The summed E-state index contributed by atoms with van der Waals surface area (Å²) in [7, 11) is 0. The second-order valence-electron chi connectivity index (χ2n) is 6.90. The van der Waals surface area contributed by atoms with Crippen LogP contribution in [0.15, 0.2) is 18.2 Å². The predicted molar refractivity (Wildman–Crippen MR) is 93.9 cm³/mol. The van der Waals surface area contributed by atoms with Crippen LogP contribution in [0.5, 0.6) is 0 Å². The average molecular weight is 358 g/mol. The molecule has 1 unspecified atom stereocenters. The Morgan fingerprint density at radius 1 is 1.12 bits per heavy atom. The second kappa shape index (κ2) is 6.91. The molecule has 0 bridgehead atoms. The zero-order valence-corrected chi connectivity index (χ0v) is 14.4. The van der Waals surface area contributed by atoms with E-state index in [0.29, 0.717) is 43.8 Å². The average Bonchev–Trinajstić information content (AvgIpc) is 3.15. The number of H-pyrrole nitrogens is 1. The molecule has 1 aromatic carbocycles.